The van der Waals surface area contributed by atoms with Crippen molar-refractivity contribution in [3.63, 3.8) is 0 Å². The van der Waals surface area contributed by atoms with E-state index in [0.29, 0.717) is 39.9 Å². The van der Waals surface area contributed by atoms with Gasteiger partial charge >= 0.3 is 5.97 Å². The molecule has 7 heteroatoms. The number of amides is 1. The van der Waals surface area contributed by atoms with Crippen LogP contribution in [0.2, 0.25) is 5.02 Å². The van der Waals surface area contributed by atoms with Crippen molar-refractivity contribution in [2.45, 2.75) is 45.8 Å². The molecule has 0 bridgehead atoms. The van der Waals surface area contributed by atoms with Crippen molar-refractivity contribution in [2.24, 2.45) is 0 Å². The lowest BCUT2D eigenvalue weighted by Crippen LogP contribution is -2.38. The predicted octanol–water partition coefficient (Wildman–Crippen LogP) is 5.10. The fraction of sp³-hybridized carbons (Fsp3) is 0.360. The number of benzene rings is 2. The van der Waals surface area contributed by atoms with Crippen LogP contribution >= 0.6 is 11.6 Å². The third-order valence-corrected chi connectivity index (χ3v) is 5.66. The van der Waals surface area contributed by atoms with Gasteiger partial charge in [0.2, 0.25) is 5.91 Å². The number of nitrogens with zero attached hydrogens (tertiary/aromatic N) is 1. The number of para-hydroxylation sites is 1. The largest absolute Gasteiger partial charge is 0.493 e. The lowest BCUT2D eigenvalue weighted by molar-refractivity contribution is -0.143. The van der Waals surface area contributed by atoms with E-state index in [1.807, 2.05) is 30.3 Å². The average molecular weight is 458 g/mol. The van der Waals surface area contributed by atoms with E-state index in [2.05, 4.69) is 0 Å². The topological polar surface area (TPSA) is 65.1 Å². The van der Waals surface area contributed by atoms with E-state index in [-0.39, 0.29) is 18.4 Å². The van der Waals surface area contributed by atoms with Gasteiger partial charge in [-0.15, -0.1) is 0 Å². The lowest BCUT2D eigenvalue weighted by atomic mass is 9.83. The summed E-state index contributed by atoms with van der Waals surface area (Å²) in [5.41, 5.74) is 2.57. The zero-order valence-corrected chi connectivity index (χ0v) is 19.7. The van der Waals surface area contributed by atoms with Gasteiger partial charge in [-0.1, -0.05) is 35.9 Å². The van der Waals surface area contributed by atoms with Crippen LogP contribution < -0.4 is 9.47 Å². The first-order valence-corrected chi connectivity index (χ1v) is 10.8. The Labute approximate surface area is 193 Å². The summed E-state index contributed by atoms with van der Waals surface area (Å²) < 4.78 is 16.6. The second-order valence-corrected chi connectivity index (χ2v) is 8.34. The van der Waals surface area contributed by atoms with Crippen molar-refractivity contribution in [2.75, 3.05) is 14.2 Å². The van der Waals surface area contributed by atoms with E-state index < -0.39 is 11.9 Å². The standard InChI is InChI=1S/C25H28ClNO5/c1-15(2)32-25(29)23-16(3)27(14-17-8-6-9-18(26)12-17)22(28)13-20(23)19-10-7-11-21(30-4)24(19)31-5/h6-12,15,20H,13-14H2,1-5H3. The van der Waals surface area contributed by atoms with Crippen molar-refractivity contribution in [3.8, 4) is 11.5 Å². The van der Waals surface area contributed by atoms with Crippen LogP contribution in [0.15, 0.2) is 53.7 Å². The molecule has 0 fully saturated rings. The van der Waals surface area contributed by atoms with Crippen LogP contribution in [0.25, 0.3) is 0 Å². The van der Waals surface area contributed by atoms with E-state index in [1.165, 1.54) is 0 Å². The summed E-state index contributed by atoms with van der Waals surface area (Å²) in [6.07, 6.45) is -0.195. The van der Waals surface area contributed by atoms with E-state index in [9.17, 15) is 9.59 Å². The molecule has 0 radical (unpaired) electrons. The van der Waals surface area contributed by atoms with Crippen molar-refractivity contribution in [3.05, 3.63) is 69.9 Å². The van der Waals surface area contributed by atoms with Gasteiger partial charge < -0.3 is 19.1 Å². The van der Waals surface area contributed by atoms with Crippen LogP contribution in [0.3, 0.4) is 0 Å². The molecule has 170 valence electrons. The molecular formula is C25H28ClNO5. The first kappa shape index (κ1) is 23.7. The quantitative estimate of drug-likeness (QED) is 0.541. The number of methoxy groups -OCH3 is 2. The van der Waals surface area contributed by atoms with E-state index >= 15 is 0 Å². The monoisotopic (exact) mass is 457 g/mol. The molecule has 0 aromatic heterocycles. The van der Waals surface area contributed by atoms with Gasteiger partial charge in [0.1, 0.15) is 0 Å². The van der Waals surface area contributed by atoms with Gasteiger partial charge in [0, 0.05) is 28.6 Å². The second kappa shape index (κ2) is 10.1. The van der Waals surface area contributed by atoms with Gasteiger partial charge in [-0.05, 0) is 44.5 Å². The van der Waals surface area contributed by atoms with Crippen LogP contribution in [-0.4, -0.2) is 37.1 Å². The van der Waals surface area contributed by atoms with Crippen molar-refractivity contribution >= 4 is 23.5 Å². The molecule has 0 N–H and O–H groups in total. The summed E-state index contributed by atoms with van der Waals surface area (Å²) in [5.74, 6) is -0.0319. The van der Waals surface area contributed by atoms with Gasteiger partial charge in [-0.3, -0.25) is 4.79 Å². The molecule has 1 atom stereocenters. The number of ether oxygens (including phenoxy) is 3. The maximum absolute atomic E-state index is 13.3. The zero-order chi connectivity index (χ0) is 23.4. The fourth-order valence-corrected chi connectivity index (χ4v) is 4.23. The van der Waals surface area contributed by atoms with Gasteiger partial charge in [-0.25, -0.2) is 4.79 Å². The molecular weight excluding hydrogens is 430 g/mol. The molecule has 32 heavy (non-hydrogen) atoms. The molecule has 0 saturated heterocycles. The highest BCUT2D eigenvalue weighted by molar-refractivity contribution is 6.30. The number of hydrogen-bond donors (Lipinski definition) is 0. The number of halogens is 1. The molecule has 1 amide bonds. The summed E-state index contributed by atoms with van der Waals surface area (Å²) in [7, 11) is 3.09. The summed E-state index contributed by atoms with van der Waals surface area (Å²) in [6, 6.07) is 12.8. The minimum Gasteiger partial charge on any atom is -0.493 e. The first-order chi connectivity index (χ1) is 15.3. The van der Waals surface area contributed by atoms with Gasteiger partial charge in [0.15, 0.2) is 11.5 Å². The predicted molar refractivity (Wildman–Crippen MR) is 123 cm³/mol. The second-order valence-electron chi connectivity index (χ2n) is 7.90. The molecule has 2 aromatic rings. The fourth-order valence-electron chi connectivity index (χ4n) is 4.02. The SMILES string of the molecule is COc1cccc(C2CC(=O)N(Cc3cccc(Cl)c3)C(C)=C2C(=O)OC(C)C)c1OC. The van der Waals surface area contributed by atoms with Gasteiger partial charge in [0.05, 0.1) is 32.4 Å². The van der Waals surface area contributed by atoms with Crippen LogP contribution in [0, 0.1) is 0 Å². The van der Waals surface area contributed by atoms with Gasteiger partial charge in [0.25, 0.3) is 0 Å². The number of esters is 1. The molecule has 3 rings (SSSR count). The number of carbonyl (C=O) groups is 2. The Bertz CT molecular complexity index is 1050. The molecule has 0 saturated carbocycles. The Morgan fingerprint density at radius 2 is 1.88 bits per heavy atom. The molecule has 1 heterocycles. The smallest absolute Gasteiger partial charge is 0.336 e. The van der Waals surface area contributed by atoms with Gasteiger partial charge in [-0.2, -0.15) is 0 Å². The maximum atomic E-state index is 13.3. The Morgan fingerprint density at radius 1 is 1.16 bits per heavy atom. The highest BCUT2D eigenvalue weighted by Gasteiger charge is 2.39. The molecule has 0 aliphatic carbocycles. The average Bonchev–Trinajstić information content (AvgIpc) is 2.75. The third kappa shape index (κ3) is 4.91. The highest BCUT2D eigenvalue weighted by atomic mass is 35.5. The summed E-state index contributed by atoms with van der Waals surface area (Å²) in [6.45, 7) is 5.68. The lowest BCUT2D eigenvalue weighted by Gasteiger charge is -2.35. The molecule has 1 unspecified atom stereocenters. The number of hydrogen-bond acceptors (Lipinski definition) is 5. The summed E-state index contributed by atoms with van der Waals surface area (Å²) in [4.78, 5) is 28.1. The van der Waals surface area contributed by atoms with Crippen molar-refractivity contribution in [1.29, 1.82) is 0 Å². The van der Waals surface area contributed by atoms with Crippen molar-refractivity contribution in [1.82, 2.24) is 4.90 Å². The summed E-state index contributed by atoms with van der Waals surface area (Å²) in [5, 5.41) is 0.590. The molecule has 1 aliphatic heterocycles. The third-order valence-electron chi connectivity index (χ3n) is 5.42. The Kier molecular flexibility index (Phi) is 7.46. The minimum absolute atomic E-state index is 0.0987. The van der Waals surface area contributed by atoms with Crippen LogP contribution in [0.4, 0.5) is 0 Å². The van der Waals surface area contributed by atoms with Crippen molar-refractivity contribution < 1.29 is 23.8 Å². The van der Waals surface area contributed by atoms with Crippen LogP contribution in [-0.2, 0) is 20.9 Å². The molecule has 1 aliphatic rings. The number of allylic oxidation sites excluding steroid dienone is 1. The normalized spacial score (nSPS) is 16.4. The number of carbonyl (C=O) groups excluding carboxylic acids is 2. The first-order valence-electron chi connectivity index (χ1n) is 10.4. The van der Waals surface area contributed by atoms with Crippen LogP contribution in [0.5, 0.6) is 11.5 Å². The van der Waals surface area contributed by atoms with E-state index in [1.54, 1.807) is 52.0 Å². The molecule has 0 spiro atoms. The Morgan fingerprint density at radius 3 is 2.50 bits per heavy atom. The maximum Gasteiger partial charge on any atom is 0.336 e. The van der Waals surface area contributed by atoms with E-state index in [0.717, 1.165) is 5.56 Å². The summed E-state index contributed by atoms with van der Waals surface area (Å²) >= 11 is 6.12. The Balaban J connectivity index is 2.12. The number of rotatable bonds is 7. The molecule has 2 aromatic carbocycles. The zero-order valence-electron chi connectivity index (χ0n) is 19.0. The van der Waals surface area contributed by atoms with E-state index in [4.69, 9.17) is 25.8 Å². The highest BCUT2D eigenvalue weighted by Crippen LogP contribution is 2.44. The minimum atomic E-state index is -0.519. The molecule has 6 nitrogen and oxygen atoms in total. The Hall–Kier alpha value is -2.99. The van der Waals surface area contributed by atoms with Crippen LogP contribution in [0.1, 0.15) is 44.2 Å².